The summed E-state index contributed by atoms with van der Waals surface area (Å²) in [7, 11) is 0. The van der Waals surface area contributed by atoms with Gasteiger partial charge in [-0.2, -0.15) is 4.98 Å². The smallest absolute Gasteiger partial charge is 0.317 e. The lowest BCUT2D eigenvalue weighted by molar-refractivity contribution is 0.195. The largest absolute Gasteiger partial charge is 0.368 e. The van der Waals surface area contributed by atoms with Crippen molar-refractivity contribution in [3.8, 4) is 22.8 Å². The molecule has 3 aromatic rings. The first-order valence-electron chi connectivity index (χ1n) is 9.72. The number of aromatic nitrogens is 2. The highest BCUT2D eigenvalue weighted by molar-refractivity contribution is 5.74. The van der Waals surface area contributed by atoms with Crippen LogP contribution in [-0.2, 0) is 0 Å². The molecule has 4 rings (SSSR count). The summed E-state index contributed by atoms with van der Waals surface area (Å²) < 4.78 is 31.7. The first-order valence-corrected chi connectivity index (χ1v) is 9.72. The molecule has 0 spiro atoms. The number of piperazine rings is 1. The number of benzene rings is 2. The molecule has 156 valence electrons. The van der Waals surface area contributed by atoms with E-state index in [4.69, 9.17) is 4.52 Å². The second-order valence-electron chi connectivity index (χ2n) is 6.91. The quantitative estimate of drug-likeness (QED) is 0.708. The number of hydrogen-bond donors (Lipinski definition) is 1. The van der Waals surface area contributed by atoms with E-state index in [1.165, 1.54) is 6.07 Å². The van der Waals surface area contributed by atoms with Gasteiger partial charge in [0, 0.05) is 49.5 Å². The Morgan fingerprint density at radius 3 is 2.40 bits per heavy atom. The number of carbonyl (C=O) groups excluding carboxylic acids is 1. The van der Waals surface area contributed by atoms with Crippen LogP contribution in [0.1, 0.15) is 6.92 Å². The van der Waals surface area contributed by atoms with Gasteiger partial charge in [0.1, 0.15) is 0 Å². The van der Waals surface area contributed by atoms with E-state index in [-0.39, 0.29) is 11.9 Å². The molecule has 9 heteroatoms. The molecule has 0 saturated carbocycles. The zero-order valence-corrected chi connectivity index (χ0v) is 16.4. The van der Waals surface area contributed by atoms with Gasteiger partial charge in [0.25, 0.3) is 5.89 Å². The number of carbonyl (C=O) groups is 1. The maximum atomic E-state index is 13.4. The summed E-state index contributed by atoms with van der Waals surface area (Å²) in [5, 5.41) is 6.76. The van der Waals surface area contributed by atoms with Crippen LogP contribution in [0.2, 0.25) is 0 Å². The Bertz CT molecular complexity index is 1030. The Balaban J connectivity index is 1.43. The van der Waals surface area contributed by atoms with E-state index in [2.05, 4.69) is 20.4 Å². The number of nitrogens with one attached hydrogen (secondary N) is 1. The van der Waals surface area contributed by atoms with Crippen molar-refractivity contribution in [3.05, 3.63) is 54.1 Å². The van der Waals surface area contributed by atoms with Gasteiger partial charge >= 0.3 is 6.03 Å². The van der Waals surface area contributed by atoms with Crippen molar-refractivity contribution in [3.63, 3.8) is 0 Å². The van der Waals surface area contributed by atoms with Crippen molar-refractivity contribution >= 4 is 11.7 Å². The molecule has 30 heavy (non-hydrogen) atoms. The fraction of sp³-hybridized carbons (Fsp3) is 0.286. The van der Waals surface area contributed by atoms with E-state index in [0.29, 0.717) is 31.0 Å². The molecule has 2 heterocycles. The normalized spacial score (nSPS) is 14.1. The van der Waals surface area contributed by atoms with E-state index in [9.17, 15) is 13.6 Å². The zero-order valence-electron chi connectivity index (χ0n) is 16.4. The maximum absolute atomic E-state index is 13.4. The molecule has 1 saturated heterocycles. The lowest BCUT2D eigenvalue weighted by Gasteiger charge is -2.36. The molecule has 1 fully saturated rings. The van der Waals surface area contributed by atoms with Crippen molar-refractivity contribution < 1.29 is 18.1 Å². The van der Waals surface area contributed by atoms with Crippen molar-refractivity contribution in [2.24, 2.45) is 0 Å². The number of halogens is 2. The monoisotopic (exact) mass is 413 g/mol. The third-order valence-electron chi connectivity index (χ3n) is 4.98. The first kappa shape index (κ1) is 19.8. The highest BCUT2D eigenvalue weighted by Gasteiger charge is 2.21. The Kier molecular flexibility index (Phi) is 5.60. The molecular formula is C21H21F2N5O2. The molecule has 0 aliphatic carbocycles. The summed E-state index contributed by atoms with van der Waals surface area (Å²) in [6, 6.07) is 11.1. The van der Waals surface area contributed by atoms with E-state index in [0.717, 1.165) is 36.5 Å². The highest BCUT2D eigenvalue weighted by Crippen LogP contribution is 2.25. The third kappa shape index (κ3) is 4.10. The number of urea groups is 1. The molecule has 0 unspecified atom stereocenters. The summed E-state index contributed by atoms with van der Waals surface area (Å²) in [6.07, 6.45) is 0. The first-order chi connectivity index (χ1) is 14.5. The summed E-state index contributed by atoms with van der Waals surface area (Å²) >= 11 is 0. The van der Waals surface area contributed by atoms with Crippen LogP contribution in [0.15, 0.2) is 47.0 Å². The van der Waals surface area contributed by atoms with E-state index in [1.807, 2.05) is 36.1 Å². The number of anilines is 1. The van der Waals surface area contributed by atoms with Crippen LogP contribution in [0.25, 0.3) is 22.8 Å². The molecule has 2 amide bonds. The number of rotatable bonds is 4. The van der Waals surface area contributed by atoms with Gasteiger partial charge in [-0.25, -0.2) is 13.6 Å². The average molecular weight is 413 g/mol. The van der Waals surface area contributed by atoms with Gasteiger partial charge in [0.2, 0.25) is 5.82 Å². The molecule has 0 radical (unpaired) electrons. The summed E-state index contributed by atoms with van der Waals surface area (Å²) in [6.45, 7) is 5.35. The summed E-state index contributed by atoms with van der Waals surface area (Å²) in [5.74, 6) is -1.42. The Morgan fingerprint density at radius 2 is 1.73 bits per heavy atom. The molecule has 1 aliphatic heterocycles. The maximum Gasteiger partial charge on any atom is 0.317 e. The van der Waals surface area contributed by atoms with E-state index >= 15 is 0 Å². The second-order valence-corrected chi connectivity index (χ2v) is 6.91. The van der Waals surface area contributed by atoms with Crippen molar-refractivity contribution in [2.75, 3.05) is 37.6 Å². The summed E-state index contributed by atoms with van der Waals surface area (Å²) in [4.78, 5) is 20.2. The standard InChI is InChI=1S/C21H21F2N5O2/c1-2-24-21(29)28-11-9-27(10-12-28)16-6-3-14(4-7-16)19-25-20(30-26-19)15-5-8-17(22)18(23)13-15/h3-8,13H,2,9-12H2,1H3,(H,24,29). The lowest BCUT2D eigenvalue weighted by Crippen LogP contribution is -2.51. The van der Waals surface area contributed by atoms with Gasteiger partial charge in [0.05, 0.1) is 0 Å². The molecule has 0 atom stereocenters. The molecule has 1 N–H and O–H groups in total. The SMILES string of the molecule is CCNC(=O)N1CCN(c2ccc(-c3noc(-c4ccc(F)c(F)c4)n3)cc2)CC1. The van der Waals surface area contributed by atoms with Crippen LogP contribution >= 0.6 is 0 Å². The molecule has 2 aromatic carbocycles. The fourth-order valence-corrected chi connectivity index (χ4v) is 3.34. The third-order valence-corrected chi connectivity index (χ3v) is 4.98. The highest BCUT2D eigenvalue weighted by atomic mass is 19.2. The minimum atomic E-state index is -0.969. The van der Waals surface area contributed by atoms with Crippen LogP contribution in [0.5, 0.6) is 0 Å². The van der Waals surface area contributed by atoms with Gasteiger partial charge in [-0.05, 0) is 49.4 Å². The van der Waals surface area contributed by atoms with Gasteiger partial charge in [-0.1, -0.05) is 5.16 Å². The summed E-state index contributed by atoms with van der Waals surface area (Å²) in [5.41, 5.74) is 2.10. The molecule has 0 bridgehead atoms. The Labute approximate surface area is 172 Å². The van der Waals surface area contributed by atoms with E-state index in [1.54, 1.807) is 0 Å². The van der Waals surface area contributed by atoms with Crippen molar-refractivity contribution in [1.82, 2.24) is 20.4 Å². The number of amides is 2. The lowest BCUT2D eigenvalue weighted by atomic mass is 10.1. The fourth-order valence-electron chi connectivity index (χ4n) is 3.34. The van der Waals surface area contributed by atoms with Crippen molar-refractivity contribution in [2.45, 2.75) is 6.92 Å². The van der Waals surface area contributed by atoms with Crippen molar-refractivity contribution in [1.29, 1.82) is 0 Å². The molecular weight excluding hydrogens is 392 g/mol. The predicted molar refractivity (Wildman–Crippen MR) is 108 cm³/mol. The molecule has 1 aromatic heterocycles. The zero-order chi connectivity index (χ0) is 21.1. The van der Waals surface area contributed by atoms with Gasteiger partial charge < -0.3 is 19.6 Å². The van der Waals surface area contributed by atoms with Crippen LogP contribution in [-0.4, -0.2) is 53.8 Å². The minimum absolute atomic E-state index is 0.0264. The number of hydrogen-bond acceptors (Lipinski definition) is 5. The molecule has 7 nitrogen and oxygen atoms in total. The molecule has 1 aliphatic rings. The number of nitrogens with zero attached hydrogens (tertiary/aromatic N) is 4. The predicted octanol–water partition coefficient (Wildman–Crippen LogP) is 3.53. The van der Waals surface area contributed by atoms with Crippen LogP contribution in [0.3, 0.4) is 0 Å². The van der Waals surface area contributed by atoms with Gasteiger partial charge in [-0.3, -0.25) is 0 Å². The van der Waals surface area contributed by atoms with Crippen LogP contribution < -0.4 is 10.2 Å². The van der Waals surface area contributed by atoms with Gasteiger partial charge in [0.15, 0.2) is 11.6 Å². The average Bonchev–Trinajstić information content (AvgIpc) is 3.26. The van der Waals surface area contributed by atoms with Crippen LogP contribution in [0.4, 0.5) is 19.3 Å². The van der Waals surface area contributed by atoms with Gasteiger partial charge in [-0.15, -0.1) is 0 Å². The Hall–Kier alpha value is -3.49. The Morgan fingerprint density at radius 1 is 1.03 bits per heavy atom. The second kappa shape index (κ2) is 8.48. The van der Waals surface area contributed by atoms with E-state index < -0.39 is 11.6 Å². The van der Waals surface area contributed by atoms with Crippen LogP contribution in [0, 0.1) is 11.6 Å². The topological polar surface area (TPSA) is 74.5 Å². The minimum Gasteiger partial charge on any atom is -0.368 e.